The van der Waals surface area contributed by atoms with Crippen LogP contribution < -0.4 is 0 Å². The molecule has 0 saturated carbocycles. The molecular weight excluding hydrogens is 253 g/mol. The van der Waals surface area contributed by atoms with Crippen LogP contribution in [0.3, 0.4) is 0 Å². The van der Waals surface area contributed by atoms with Gasteiger partial charge in [0.05, 0.1) is 6.08 Å². The van der Waals surface area contributed by atoms with E-state index in [-0.39, 0.29) is 12.4 Å². The quantitative estimate of drug-likeness (QED) is 0.642. The normalized spacial score (nSPS) is 11.2. The van der Waals surface area contributed by atoms with Crippen LogP contribution in [-0.4, -0.2) is 34.0 Å². The van der Waals surface area contributed by atoms with Gasteiger partial charge >= 0.3 is 5.97 Å². The third-order valence-electron chi connectivity index (χ3n) is 2.50. The van der Waals surface area contributed by atoms with Crippen LogP contribution in [0, 0.1) is 12.7 Å². The first-order valence-electron chi connectivity index (χ1n) is 5.45. The summed E-state index contributed by atoms with van der Waals surface area (Å²) < 4.78 is 13.1. The highest BCUT2D eigenvalue weighted by molar-refractivity contribution is 5.95. The Morgan fingerprint density at radius 2 is 2.00 bits per heavy atom. The summed E-state index contributed by atoms with van der Waals surface area (Å²) in [7, 11) is 1.45. The zero-order valence-corrected chi connectivity index (χ0v) is 10.6. The van der Waals surface area contributed by atoms with Gasteiger partial charge in [-0.2, -0.15) is 0 Å². The van der Waals surface area contributed by atoms with Crippen molar-refractivity contribution >= 4 is 11.9 Å². The summed E-state index contributed by atoms with van der Waals surface area (Å²) in [5.74, 6) is -3.57. The molecule has 2 N–H and O–H groups in total. The fraction of sp³-hybridized carbons (Fsp3) is 0.231. The van der Waals surface area contributed by atoms with E-state index in [2.05, 4.69) is 0 Å². The predicted molar refractivity (Wildman–Crippen MR) is 66.0 cm³/mol. The molecule has 6 heteroatoms. The van der Waals surface area contributed by atoms with Crippen LogP contribution in [0.25, 0.3) is 0 Å². The van der Waals surface area contributed by atoms with Crippen molar-refractivity contribution in [1.82, 2.24) is 4.90 Å². The van der Waals surface area contributed by atoms with Crippen LogP contribution in [0.5, 0.6) is 0 Å². The lowest BCUT2D eigenvalue weighted by Gasteiger charge is -2.15. The fourth-order valence-corrected chi connectivity index (χ4v) is 1.45. The van der Waals surface area contributed by atoms with E-state index < -0.39 is 17.6 Å². The number of rotatable bonds is 4. The molecule has 0 aliphatic heterocycles. The maximum atomic E-state index is 13.1. The first kappa shape index (κ1) is 14.7. The molecule has 0 radical (unpaired) electrons. The van der Waals surface area contributed by atoms with Gasteiger partial charge in [0.15, 0.2) is 0 Å². The first-order valence-corrected chi connectivity index (χ1v) is 5.45. The molecule has 1 aromatic rings. The van der Waals surface area contributed by atoms with Gasteiger partial charge in [0.25, 0.3) is 5.91 Å². The Balaban J connectivity index is 2.76. The molecule has 1 aromatic carbocycles. The van der Waals surface area contributed by atoms with E-state index in [9.17, 15) is 14.0 Å². The van der Waals surface area contributed by atoms with Crippen molar-refractivity contribution in [3.05, 3.63) is 47.0 Å². The molecule has 0 atom stereocenters. The van der Waals surface area contributed by atoms with Crippen molar-refractivity contribution in [3.8, 4) is 0 Å². The largest absolute Gasteiger partial charge is 0.502 e. The minimum Gasteiger partial charge on any atom is -0.502 e. The highest BCUT2D eigenvalue weighted by atomic mass is 19.1. The second-order valence-electron chi connectivity index (χ2n) is 4.11. The van der Waals surface area contributed by atoms with E-state index >= 15 is 0 Å². The average molecular weight is 267 g/mol. The van der Waals surface area contributed by atoms with Crippen LogP contribution in [0.4, 0.5) is 4.39 Å². The van der Waals surface area contributed by atoms with Crippen LogP contribution in [0.2, 0.25) is 0 Å². The summed E-state index contributed by atoms with van der Waals surface area (Å²) in [5.41, 5.74) is 1.17. The number of aryl methyl sites for hydroxylation is 1. The highest BCUT2D eigenvalue weighted by Gasteiger charge is 2.12. The van der Waals surface area contributed by atoms with E-state index in [1.807, 2.05) is 0 Å². The van der Waals surface area contributed by atoms with Crippen LogP contribution in [-0.2, 0) is 16.1 Å². The lowest BCUT2D eigenvalue weighted by Crippen LogP contribution is -2.25. The van der Waals surface area contributed by atoms with Gasteiger partial charge < -0.3 is 15.1 Å². The second kappa shape index (κ2) is 5.99. The third-order valence-corrected chi connectivity index (χ3v) is 2.50. The Kier molecular flexibility index (Phi) is 4.63. The average Bonchev–Trinajstić information content (AvgIpc) is 2.33. The number of carbonyl (C=O) groups excluding carboxylic acids is 1. The number of nitrogens with zero attached hydrogens (tertiary/aromatic N) is 1. The lowest BCUT2D eigenvalue weighted by atomic mass is 10.1. The lowest BCUT2D eigenvalue weighted by molar-refractivity contribution is -0.136. The van der Waals surface area contributed by atoms with Crippen molar-refractivity contribution < 1.29 is 24.2 Å². The van der Waals surface area contributed by atoms with Gasteiger partial charge in [0, 0.05) is 13.6 Å². The number of hydrogen-bond donors (Lipinski definition) is 2. The van der Waals surface area contributed by atoms with Crippen LogP contribution in [0.1, 0.15) is 11.1 Å². The number of aliphatic hydroxyl groups excluding tert-OH is 1. The fourth-order valence-electron chi connectivity index (χ4n) is 1.45. The number of aliphatic carboxylic acids is 1. The van der Waals surface area contributed by atoms with Gasteiger partial charge in [-0.15, -0.1) is 0 Å². The first-order chi connectivity index (χ1) is 8.81. The summed E-state index contributed by atoms with van der Waals surface area (Å²) in [6.07, 6.45) is 0.624. The number of carboxylic acid groups (broad SMARTS) is 1. The molecule has 0 bridgehead atoms. The summed E-state index contributed by atoms with van der Waals surface area (Å²) in [4.78, 5) is 23.1. The number of carboxylic acids is 1. The molecule has 0 unspecified atom stereocenters. The van der Waals surface area contributed by atoms with Gasteiger partial charge in [-0.3, -0.25) is 4.79 Å². The molecule has 19 heavy (non-hydrogen) atoms. The maximum Gasteiger partial charge on any atom is 0.371 e. The molecule has 0 aliphatic rings. The number of hydrogen-bond acceptors (Lipinski definition) is 3. The molecule has 0 aromatic heterocycles. The number of amides is 1. The smallest absolute Gasteiger partial charge is 0.371 e. The second-order valence-corrected chi connectivity index (χ2v) is 4.11. The van der Waals surface area contributed by atoms with Gasteiger partial charge in [-0.1, -0.05) is 12.1 Å². The summed E-state index contributed by atoms with van der Waals surface area (Å²) in [6.45, 7) is 1.79. The van der Waals surface area contributed by atoms with E-state index in [0.717, 1.165) is 0 Å². The van der Waals surface area contributed by atoms with Gasteiger partial charge in [-0.25, -0.2) is 9.18 Å². The van der Waals surface area contributed by atoms with Gasteiger partial charge in [-0.05, 0) is 24.1 Å². The Hall–Kier alpha value is -2.37. The van der Waals surface area contributed by atoms with E-state index in [0.29, 0.717) is 17.2 Å². The monoisotopic (exact) mass is 267 g/mol. The molecular formula is C13H14FNO4. The molecule has 102 valence electrons. The van der Waals surface area contributed by atoms with Crippen molar-refractivity contribution in [2.45, 2.75) is 13.5 Å². The SMILES string of the molecule is Cc1cc(CN(C)C(=O)C=C(O)C(=O)O)ccc1F. The number of benzene rings is 1. The zero-order valence-electron chi connectivity index (χ0n) is 10.6. The molecule has 0 saturated heterocycles. The minimum atomic E-state index is -1.57. The Bertz CT molecular complexity index is 539. The van der Waals surface area contributed by atoms with Gasteiger partial charge in [0.2, 0.25) is 5.76 Å². The van der Waals surface area contributed by atoms with Crippen molar-refractivity contribution in [2.75, 3.05) is 7.05 Å². The summed E-state index contributed by atoms with van der Waals surface area (Å²) >= 11 is 0. The van der Waals surface area contributed by atoms with Crippen molar-refractivity contribution in [1.29, 1.82) is 0 Å². The van der Waals surface area contributed by atoms with Crippen LogP contribution >= 0.6 is 0 Å². The highest BCUT2D eigenvalue weighted by Crippen LogP contribution is 2.11. The third kappa shape index (κ3) is 4.09. The van der Waals surface area contributed by atoms with E-state index in [4.69, 9.17) is 10.2 Å². The minimum absolute atomic E-state index is 0.184. The summed E-state index contributed by atoms with van der Waals surface area (Å²) in [5, 5.41) is 17.4. The standard InChI is InChI=1S/C13H14FNO4/c1-8-5-9(3-4-10(8)14)7-15(2)12(17)6-11(16)13(18)19/h3-6,16H,7H2,1-2H3,(H,18,19). The van der Waals surface area contributed by atoms with E-state index in [1.165, 1.54) is 24.1 Å². The number of likely N-dealkylation sites (N-methyl/N-ethyl adjacent to an activating group) is 1. The van der Waals surface area contributed by atoms with Crippen molar-refractivity contribution in [3.63, 3.8) is 0 Å². The predicted octanol–water partition coefficient (Wildman–Crippen LogP) is 1.62. The summed E-state index contributed by atoms with van der Waals surface area (Å²) in [6, 6.07) is 4.43. The molecule has 0 fully saturated rings. The number of halogens is 1. The van der Waals surface area contributed by atoms with E-state index in [1.54, 1.807) is 13.0 Å². The Morgan fingerprint density at radius 1 is 1.37 bits per heavy atom. The molecule has 5 nitrogen and oxygen atoms in total. The molecule has 1 rings (SSSR count). The number of carbonyl (C=O) groups is 2. The topological polar surface area (TPSA) is 77.8 Å². The van der Waals surface area contributed by atoms with Crippen LogP contribution in [0.15, 0.2) is 30.0 Å². The zero-order chi connectivity index (χ0) is 14.6. The Morgan fingerprint density at radius 3 is 2.53 bits per heavy atom. The molecule has 0 heterocycles. The Labute approximate surface area is 109 Å². The molecule has 1 amide bonds. The maximum absolute atomic E-state index is 13.1. The molecule has 0 spiro atoms. The van der Waals surface area contributed by atoms with Gasteiger partial charge in [0.1, 0.15) is 5.82 Å². The number of aliphatic hydroxyl groups is 1. The van der Waals surface area contributed by atoms with Crippen molar-refractivity contribution in [2.24, 2.45) is 0 Å². The molecule has 0 aliphatic carbocycles.